The number of ketones is 1. The molecule has 2 atom stereocenters. The molecule has 0 aliphatic carbocycles. The minimum Gasteiger partial charge on any atom is -0.477 e. The van der Waals surface area contributed by atoms with Crippen molar-refractivity contribution in [1.82, 2.24) is 20.1 Å². The summed E-state index contributed by atoms with van der Waals surface area (Å²) in [6, 6.07) is -0.475. The number of thiazole rings is 1. The number of carbonyl (C=O) groups excluding carboxylic acids is 2. The maximum Gasteiger partial charge on any atom is 0.353 e. The van der Waals surface area contributed by atoms with Crippen LogP contribution in [0, 0.1) is 5.92 Å². The first kappa shape index (κ1) is 22.4. The number of oxime groups is 1. The molecule has 2 aliphatic rings. The molecule has 4 heterocycles. The van der Waals surface area contributed by atoms with Crippen molar-refractivity contribution in [1.29, 1.82) is 0 Å². The molecule has 1 amide bonds. The van der Waals surface area contributed by atoms with E-state index >= 15 is 0 Å². The van der Waals surface area contributed by atoms with Gasteiger partial charge >= 0.3 is 5.97 Å². The highest BCUT2D eigenvalue weighted by molar-refractivity contribution is 8.04. The lowest BCUT2D eigenvalue weighted by molar-refractivity contribution is -0.159. The fourth-order valence-electron chi connectivity index (χ4n) is 3.65. The molecule has 0 bridgehead atoms. The van der Waals surface area contributed by atoms with Crippen molar-refractivity contribution in [2.45, 2.75) is 29.6 Å². The van der Waals surface area contributed by atoms with Gasteiger partial charge in [0.2, 0.25) is 11.0 Å². The molecule has 2 aliphatic heterocycles. The standard InChI is InChI=1S/C16H14ClN7O5S3/c17-11-9(20-14(18)31-11)8(23-29)6(25)3-4-5-1-2-7(30-16-22-21-15(19)32-16)10(13(27)28)24(5)12(4)26/h4-5,29H,1-3H2,(H2,18,20)(H2,19,21)(H,27,28)/b23-8+/t4-,5+/m0/s1. The van der Waals surface area contributed by atoms with Crippen LogP contribution < -0.4 is 11.5 Å². The van der Waals surface area contributed by atoms with Gasteiger partial charge in [0.1, 0.15) is 15.7 Å². The summed E-state index contributed by atoms with van der Waals surface area (Å²) in [6.07, 6.45) is 0.545. The highest BCUT2D eigenvalue weighted by Crippen LogP contribution is 2.46. The molecule has 4 rings (SSSR count). The minimum atomic E-state index is -1.25. The van der Waals surface area contributed by atoms with Gasteiger partial charge in [-0.2, -0.15) is 0 Å². The Balaban J connectivity index is 1.53. The number of fused-ring (bicyclic) bond motifs is 1. The van der Waals surface area contributed by atoms with Crippen molar-refractivity contribution in [2.24, 2.45) is 11.1 Å². The summed E-state index contributed by atoms with van der Waals surface area (Å²) in [5.41, 5.74) is 10.5. The molecule has 6 N–H and O–H groups in total. The number of aliphatic carboxylic acids is 1. The summed E-state index contributed by atoms with van der Waals surface area (Å²) in [4.78, 5) is 43.0. The molecule has 0 unspecified atom stereocenters. The monoisotopic (exact) mass is 515 g/mol. The molecule has 0 saturated carbocycles. The first-order valence-electron chi connectivity index (χ1n) is 8.95. The predicted octanol–water partition coefficient (Wildman–Crippen LogP) is 1.66. The van der Waals surface area contributed by atoms with E-state index in [2.05, 4.69) is 20.3 Å². The Kier molecular flexibility index (Phi) is 6.07. The number of allylic oxidation sites excluding steroid dienone is 1. The Morgan fingerprint density at radius 2 is 2.03 bits per heavy atom. The predicted molar refractivity (Wildman–Crippen MR) is 118 cm³/mol. The zero-order chi connectivity index (χ0) is 23.2. The third kappa shape index (κ3) is 3.92. The lowest BCUT2D eigenvalue weighted by Crippen LogP contribution is -2.63. The van der Waals surface area contributed by atoms with Gasteiger partial charge in [0.05, 0.1) is 5.92 Å². The molecule has 168 valence electrons. The molecule has 2 aromatic rings. The van der Waals surface area contributed by atoms with Crippen molar-refractivity contribution in [3.63, 3.8) is 0 Å². The number of carboxylic acid groups (broad SMARTS) is 1. The summed E-state index contributed by atoms with van der Waals surface area (Å²) >= 11 is 9.13. The van der Waals surface area contributed by atoms with E-state index in [1.165, 1.54) is 4.90 Å². The van der Waals surface area contributed by atoms with Crippen LogP contribution in [0.3, 0.4) is 0 Å². The Labute approximate surface area is 196 Å². The summed E-state index contributed by atoms with van der Waals surface area (Å²) in [5, 5.41) is 30.0. The lowest BCUT2D eigenvalue weighted by Gasteiger charge is -2.50. The third-order valence-electron chi connectivity index (χ3n) is 4.95. The van der Waals surface area contributed by atoms with Crippen LogP contribution in [-0.4, -0.2) is 59.8 Å². The number of rotatable bonds is 7. The smallest absolute Gasteiger partial charge is 0.353 e. The number of nitrogen functional groups attached to an aromatic ring is 2. The fraction of sp³-hybridized carbons (Fsp3) is 0.312. The van der Waals surface area contributed by atoms with Gasteiger partial charge in [-0.15, -0.1) is 10.2 Å². The van der Waals surface area contributed by atoms with Crippen LogP contribution in [0.1, 0.15) is 25.0 Å². The Morgan fingerprint density at radius 3 is 2.59 bits per heavy atom. The first-order chi connectivity index (χ1) is 15.2. The van der Waals surface area contributed by atoms with Crippen LogP contribution in [0.4, 0.5) is 10.3 Å². The number of anilines is 2. The van der Waals surface area contributed by atoms with E-state index in [-0.39, 0.29) is 32.4 Å². The molecular formula is C16H14ClN7O5S3. The van der Waals surface area contributed by atoms with E-state index in [4.69, 9.17) is 23.1 Å². The number of thioether (sulfide) groups is 1. The Morgan fingerprint density at radius 1 is 1.28 bits per heavy atom. The number of carboxylic acids is 1. The van der Waals surface area contributed by atoms with E-state index in [0.29, 0.717) is 22.1 Å². The van der Waals surface area contributed by atoms with Gasteiger partial charge in [-0.3, -0.25) is 9.59 Å². The van der Waals surface area contributed by atoms with Crippen molar-refractivity contribution < 1.29 is 24.7 Å². The first-order valence-corrected chi connectivity index (χ1v) is 11.8. The van der Waals surface area contributed by atoms with Crippen LogP contribution in [0.15, 0.2) is 20.1 Å². The largest absolute Gasteiger partial charge is 0.477 e. The Hall–Kier alpha value is -2.75. The average Bonchev–Trinajstić information content (AvgIpc) is 3.30. The number of aromatic nitrogens is 3. The van der Waals surface area contributed by atoms with Gasteiger partial charge in [-0.25, -0.2) is 9.78 Å². The number of halogens is 1. The second kappa shape index (κ2) is 8.65. The summed E-state index contributed by atoms with van der Waals surface area (Å²) in [5.74, 6) is -3.16. The SMILES string of the molecule is Nc1nnc(SC2=C(C(=O)O)N3C(=O)[C@@H](CC(=O)/C(=N\O)c4nc(N)sc4Cl)[C@H]3CC2)s1. The van der Waals surface area contributed by atoms with Gasteiger partial charge in [0.15, 0.2) is 21.0 Å². The fourth-order valence-corrected chi connectivity index (χ4v) is 6.44. The quantitative estimate of drug-likeness (QED) is 0.181. The summed E-state index contributed by atoms with van der Waals surface area (Å²) in [6.45, 7) is 0. The number of β-lactam (4-membered cyclic amide) rings is 1. The van der Waals surface area contributed by atoms with Gasteiger partial charge in [0.25, 0.3) is 0 Å². The molecule has 12 nitrogen and oxygen atoms in total. The zero-order valence-electron chi connectivity index (χ0n) is 15.9. The number of hydrogen-bond donors (Lipinski definition) is 4. The molecule has 0 spiro atoms. The number of nitrogens with zero attached hydrogens (tertiary/aromatic N) is 5. The minimum absolute atomic E-state index is 0.0601. The highest BCUT2D eigenvalue weighted by Gasteiger charge is 2.53. The number of Topliss-reactive ketones (excluding diaryl/α,β-unsaturated/α-hetero) is 1. The summed E-state index contributed by atoms with van der Waals surface area (Å²) in [7, 11) is 0. The van der Waals surface area contributed by atoms with E-state index in [9.17, 15) is 24.7 Å². The number of carbonyl (C=O) groups is 3. The van der Waals surface area contributed by atoms with E-state index < -0.39 is 35.3 Å². The molecule has 16 heteroatoms. The Bertz CT molecular complexity index is 1190. The number of hydrogen-bond acceptors (Lipinski definition) is 13. The molecule has 2 aromatic heterocycles. The zero-order valence-corrected chi connectivity index (χ0v) is 19.1. The topological polar surface area (TPSA) is 198 Å². The summed E-state index contributed by atoms with van der Waals surface area (Å²) < 4.78 is 0.551. The van der Waals surface area contributed by atoms with E-state index in [0.717, 1.165) is 34.4 Å². The normalized spacial score (nSPS) is 20.8. The van der Waals surface area contributed by atoms with Crippen LogP contribution in [0.25, 0.3) is 0 Å². The van der Waals surface area contributed by atoms with Gasteiger partial charge in [-0.05, 0) is 12.8 Å². The number of nitrogens with two attached hydrogens (primary N) is 2. The van der Waals surface area contributed by atoms with Crippen LogP contribution in [-0.2, 0) is 14.4 Å². The molecule has 0 aromatic carbocycles. The number of amides is 1. The molecule has 32 heavy (non-hydrogen) atoms. The van der Waals surface area contributed by atoms with E-state index in [1.807, 2.05) is 0 Å². The maximum atomic E-state index is 12.8. The van der Waals surface area contributed by atoms with Crippen LogP contribution >= 0.6 is 46.0 Å². The van der Waals surface area contributed by atoms with Crippen LogP contribution in [0.2, 0.25) is 4.34 Å². The van der Waals surface area contributed by atoms with Gasteiger partial charge in [-0.1, -0.05) is 51.2 Å². The molecule has 1 saturated heterocycles. The van der Waals surface area contributed by atoms with Crippen LogP contribution in [0.5, 0.6) is 0 Å². The van der Waals surface area contributed by atoms with E-state index in [1.54, 1.807) is 0 Å². The average molecular weight is 516 g/mol. The molecular weight excluding hydrogens is 502 g/mol. The van der Waals surface area contributed by atoms with Gasteiger partial charge in [0, 0.05) is 17.4 Å². The van der Waals surface area contributed by atoms with Gasteiger partial charge < -0.3 is 26.7 Å². The lowest BCUT2D eigenvalue weighted by atomic mass is 9.77. The van der Waals surface area contributed by atoms with Crippen molar-refractivity contribution in [3.8, 4) is 0 Å². The van der Waals surface area contributed by atoms with Crippen molar-refractivity contribution in [2.75, 3.05) is 11.5 Å². The second-order valence-corrected chi connectivity index (χ2v) is 10.7. The molecule has 0 radical (unpaired) electrons. The maximum absolute atomic E-state index is 12.8. The van der Waals surface area contributed by atoms with Crippen molar-refractivity contribution >= 4 is 79.7 Å². The van der Waals surface area contributed by atoms with Crippen molar-refractivity contribution in [3.05, 3.63) is 20.6 Å². The molecule has 1 fully saturated rings. The highest BCUT2D eigenvalue weighted by atomic mass is 35.5. The third-order valence-corrected chi connectivity index (χ3v) is 7.98. The second-order valence-electron chi connectivity index (χ2n) is 6.76.